The Bertz CT molecular complexity index is 512. The lowest BCUT2D eigenvalue weighted by molar-refractivity contribution is -0.385. The fraction of sp³-hybridized carbons (Fsp3) is 0.462. The third kappa shape index (κ3) is 4.11. The molecule has 0 saturated carbocycles. The van der Waals surface area contributed by atoms with Crippen LogP contribution in [0.4, 0.5) is 5.69 Å². The molecular weight excluding hydrogens is 266 g/mol. The molecule has 1 aromatic carbocycles. The van der Waals surface area contributed by atoms with Gasteiger partial charge in [0, 0.05) is 12.0 Å². The van der Waals surface area contributed by atoms with Crippen LogP contribution in [0.25, 0.3) is 0 Å². The molecule has 0 aromatic heterocycles. The molecule has 0 aliphatic heterocycles. The van der Waals surface area contributed by atoms with Crippen LogP contribution in [0.2, 0.25) is 0 Å². The number of carboxylic acid groups (broad SMARTS) is 1. The molecule has 0 fully saturated rings. The van der Waals surface area contributed by atoms with Gasteiger partial charge in [0.1, 0.15) is 0 Å². The Morgan fingerprint density at radius 3 is 2.50 bits per heavy atom. The van der Waals surface area contributed by atoms with E-state index in [4.69, 9.17) is 14.6 Å². The van der Waals surface area contributed by atoms with E-state index in [0.29, 0.717) is 11.3 Å². The number of methoxy groups -OCH3 is 1. The van der Waals surface area contributed by atoms with Crippen LogP contribution in [0.3, 0.4) is 0 Å². The highest BCUT2D eigenvalue weighted by molar-refractivity contribution is 5.67. The average molecular weight is 283 g/mol. The first-order chi connectivity index (χ1) is 9.35. The van der Waals surface area contributed by atoms with Gasteiger partial charge in [-0.15, -0.1) is 0 Å². The van der Waals surface area contributed by atoms with Crippen molar-refractivity contribution in [1.82, 2.24) is 0 Å². The number of hydrogen-bond donors (Lipinski definition) is 1. The van der Waals surface area contributed by atoms with Gasteiger partial charge >= 0.3 is 5.97 Å². The second-order valence-electron chi connectivity index (χ2n) is 4.45. The van der Waals surface area contributed by atoms with Crippen LogP contribution in [-0.4, -0.2) is 29.2 Å². The second kappa shape index (κ2) is 6.74. The molecule has 0 radical (unpaired) electrons. The van der Waals surface area contributed by atoms with Gasteiger partial charge in [0.2, 0.25) is 0 Å². The van der Waals surface area contributed by atoms with Crippen molar-refractivity contribution >= 4 is 11.7 Å². The highest BCUT2D eigenvalue weighted by Crippen LogP contribution is 2.35. The maximum absolute atomic E-state index is 11.0. The number of nitro benzene ring substituents is 1. The van der Waals surface area contributed by atoms with E-state index >= 15 is 0 Å². The van der Waals surface area contributed by atoms with Gasteiger partial charge < -0.3 is 14.6 Å². The molecule has 1 rings (SSSR count). The lowest BCUT2D eigenvalue weighted by Gasteiger charge is -2.15. The number of rotatable bonds is 7. The fourth-order valence-corrected chi connectivity index (χ4v) is 1.71. The minimum absolute atomic E-state index is 0.0596. The topological polar surface area (TPSA) is 98.9 Å². The molecule has 7 heteroatoms. The summed E-state index contributed by atoms with van der Waals surface area (Å²) in [5, 5.41) is 19.7. The number of hydrogen-bond acceptors (Lipinski definition) is 5. The maximum Gasteiger partial charge on any atom is 0.303 e. The molecule has 0 saturated heterocycles. The van der Waals surface area contributed by atoms with E-state index in [1.165, 1.54) is 19.2 Å². The summed E-state index contributed by atoms with van der Waals surface area (Å²) in [6.07, 6.45) is -0.254. The van der Waals surface area contributed by atoms with E-state index in [1.54, 1.807) is 0 Å². The molecule has 7 nitrogen and oxygen atoms in total. The van der Waals surface area contributed by atoms with Crippen molar-refractivity contribution in [2.24, 2.45) is 0 Å². The standard InChI is InChI=1S/C13H17NO6/c1-8(2)20-12-6-9(4-5-13(15)16)10(14(17)18)7-11(12)19-3/h6-8H,4-5H2,1-3H3,(H,15,16). The highest BCUT2D eigenvalue weighted by atomic mass is 16.6. The van der Waals surface area contributed by atoms with E-state index in [2.05, 4.69) is 0 Å². The number of carboxylic acids is 1. The van der Waals surface area contributed by atoms with Crippen molar-refractivity contribution in [3.05, 3.63) is 27.8 Å². The summed E-state index contributed by atoms with van der Waals surface area (Å²) in [7, 11) is 1.39. The zero-order valence-corrected chi connectivity index (χ0v) is 11.6. The monoisotopic (exact) mass is 283 g/mol. The molecule has 0 aliphatic carbocycles. The molecule has 1 aromatic rings. The van der Waals surface area contributed by atoms with Crippen molar-refractivity contribution in [3.8, 4) is 11.5 Å². The molecule has 0 bridgehead atoms. The normalized spacial score (nSPS) is 10.4. The van der Waals surface area contributed by atoms with E-state index in [0.717, 1.165) is 0 Å². The molecule has 0 atom stereocenters. The minimum Gasteiger partial charge on any atom is -0.493 e. The van der Waals surface area contributed by atoms with Gasteiger partial charge in [0.15, 0.2) is 11.5 Å². The summed E-state index contributed by atoms with van der Waals surface area (Å²) in [5.41, 5.74) is 0.146. The average Bonchev–Trinajstić information content (AvgIpc) is 2.35. The highest BCUT2D eigenvalue weighted by Gasteiger charge is 2.20. The van der Waals surface area contributed by atoms with E-state index in [1.807, 2.05) is 13.8 Å². The van der Waals surface area contributed by atoms with Crippen LogP contribution in [-0.2, 0) is 11.2 Å². The molecule has 0 spiro atoms. The lowest BCUT2D eigenvalue weighted by Crippen LogP contribution is -2.08. The van der Waals surface area contributed by atoms with E-state index in [-0.39, 0.29) is 30.4 Å². The van der Waals surface area contributed by atoms with Crippen molar-refractivity contribution in [2.75, 3.05) is 7.11 Å². The van der Waals surface area contributed by atoms with Crippen LogP contribution in [0.1, 0.15) is 25.8 Å². The van der Waals surface area contributed by atoms with Gasteiger partial charge in [-0.05, 0) is 26.3 Å². The summed E-state index contributed by atoms with van der Waals surface area (Å²) in [5.74, 6) is -0.389. The Labute approximate surface area is 116 Å². The fourth-order valence-electron chi connectivity index (χ4n) is 1.71. The molecule has 0 amide bonds. The zero-order valence-electron chi connectivity index (χ0n) is 11.6. The van der Waals surface area contributed by atoms with Gasteiger partial charge in [0.05, 0.1) is 24.2 Å². The molecule has 110 valence electrons. The van der Waals surface area contributed by atoms with Crippen molar-refractivity contribution < 1.29 is 24.3 Å². The Hall–Kier alpha value is -2.31. The number of benzene rings is 1. The van der Waals surface area contributed by atoms with Crippen LogP contribution >= 0.6 is 0 Å². The SMILES string of the molecule is COc1cc([N+](=O)[O-])c(CCC(=O)O)cc1OC(C)C. The number of nitro groups is 1. The first kappa shape index (κ1) is 15.7. The summed E-state index contributed by atoms with van der Waals surface area (Å²) >= 11 is 0. The van der Waals surface area contributed by atoms with Crippen LogP contribution < -0.4 is 9.47 Å². The molecule has 1 N–H and O–H groups in total. The van der Waals surface area contributed by atoms with Crippen LogP contribution in [0.5, 0.6) is 11.5 Å². The number of aryl methyl sites for hydroxylation is 1. The van der Waals surface area contributed by atoms with Crippen molar-refractivity contribution in [1.29, 1.82) is 0 Å². The molecular formula is C13H17NO6. The molecule has 20 heavy (non-hydrogen) atoms. The van der Waals surface area contributed by atoms with Crippen molar-refractivity contribution in [2.45, 2.75) is 32.8 Å². The Morgan fingerprint density at radius 1 is 1.40 bits per heavy atom. The number of carbonyl (C=O) groups is 1. The molecule has 0 unspecified atom stereocenters. The maximum atomic E-state index is 11.0. The molecule has 0 heterocycles. The predicted octanol–water partition coefficient (Wildman–Crippen LogP) is 2.41. The van der Waals surface area contributed by atoms with Gasteiger partial charge in [-0.25, -0.2) is 0 Å². The smallest absolute Gasteiger partial charge is 0.303 e. The zero-order chi connectivity index (χ0) is 15.3. The number of nitrogens with zero attached hydrogens (tertiary/aromatic N) is 1. The van der Waals surface area contributed by atoms with Crippen molar-refractivity contribution in [3.63, 3.8) is 0 Å². The van der Waals surface area contributed by atoms with Crippen LogP contribution in [0, 0.1) is 10.1 Å². The third-order valence-corrected chi connectivity index (χ3v) is 2.53. The quantitative estimate of drug-likeness (QED) is 0.609. The molecule has 0 aliphatic rings. The van der Waals surface area contributed by atoms with E-state index < -0.39 is 10.9 Å². The predicted molar refractivity (Wildman–Crippen MR) is 71.4 cm³/mol. The summed E-state index contributed by atoms with van der Waals surface area (Å²) in [6.45, 7) is 3.63. The van der Waals surface area contributed by atoms with E-state index in [9.17, 15) is 14.9 Å². The van der Waals surface area contributed by atoms with Gasteiger partial charge in [-0.1, -0.05) is 0 Å². The third-order valence-electron chi connectivity index (χ3n) is 2.53. The van der Waals surface area contributed by atoms with Gasteiger partial charge in [0.25, 0.3) is 5.69 Å². The first-order valence-electron chi connectivity index (χ1n) is 6.09. The van der Waals surface area contributed by atoms with Gasteiger partial charge in [-0.2, -0.15) is 0 Å². The number of ether oxygens (including phenoxy) is 2. The first-order valence-corrected chi connectivity index (χ1v) is 6.09. The Kier molecular flexibility index (Phi) is 5.31. The van der Waals surface area contributed by atoms with Crippen LogP contribution in [0.15, 0.2) is 12.1 Å². The summed E-state index contributed by atoms with van der Waals surface area (Å²) < 4.78 is 10.6. The summed E-state index contributed by atoms with van der Waals surface area (Å²) in [4.78, 5) is 21.1. The van der Waals surface area contributed by atoms with Gasteiger partial charge in [-0.3, -0.25) is 14.9 Å². The largest absolute Gasteiger partial charge is 0.493 e. The minimum atomic E-state index is -1.01. The lowest BCUT2D eigenvalue weighted by atomic mass is 10.1. The summed E-state index contributed by atoms with van der Waals surface area (Å²) in [6, 6.07) is 2.73. The second-order valence-corrected chi connectivity index (χ2v) is 4.45. The Morgan fingerprint density at radius 2 is 2.05 bits per heavy atom. The number of aliphatic carboxylic acids is 1. The Balaban J connectivity index is 3.23.